The third kappa shape index (κ3) is 1.06. The lowest BCUT2D eigenvalue weighted by Crippen LogP contribution is -2.48. The van der Waals surface area contributed by atoms with E-state index in [9.17, 15) is 0 Å². The topological polar surface area (TPSA) is 12.0 Å². The molecule has 1 spiro atoms. The highest BCUT2D eigenvalue weighted by atomic mass is 35.5. The third-order valence-electron chi connectivity index (χ3n) is 3.72. The molecule has 14 heavy (non-hydrogen) atoms. The van der Waals surface area contributed by atoms with E-state index in [2.05, 4.69) is 17.4 Å². The SMILES string of the molecule is Clc1cccc2c1C1(CCC1)CNC2. The lowest BCUT2D eigenvalue weighted by Gasteiger charge is -2.47. The zero-order valence-electron chi connectivity index (χ0n) is 8.15. The molecule has 0 bridgehead atoms. The smallest absolute Gasteiger partial charge is 0.0447 e. The number of fused-ring (bicyclic) bond motifs is 2. The van der Waals surface area contributed by atoms with Crippen LogP contribution in [0.5, 0.6) is 0 Å². The molecular formula is C12H14ClN. The van der Waals surface area contributed by atoms with Gasteiger partial charge in [-0.05, 0) is 30.0 Å². The van der Waals surface area contributed by atoms with Crippen LogP contribution in [0, 0.1) is 0 Å². The Bertz CT molecular complexity index is 369. The molecule has 2 aliphatic rings. The van der Waals surface area contributed by atoms with E-state index >= 15 is 0 Å². The zero-order chi connectivity index (χ0) is 9.60. The maximum Gasteiger partial charge on any atom is 0.0447 e. The van der Waals surface area contributed by atoms with Crippen LogP contribution >= 0.6 is 11.6 Å². The van der Waals surface area contributed by atoms with Crippen molar-refractivity contribution in [3.05, 3.63) is 34.3 Å². The summed E-state index contributed by atoms with van der Waals surface area (Å²) >= 11 is 6.31. The molecule has 1 nitrogen and oxygen atoms in total. The number of rotatable bonds is 0. The van der Waals surface area contributed by atoms with Crippen LogP contribution in [0.4, 0.5) is 0 Å². The molecule has 0 amide bonds. The number of halogens is 1. The van der Waals surface area contributed by atoms with E-state index in [0.717, 1.165) is 18.1 Å². The van der Waals surface area contributed by atoms with Gasteiger partial charge in [-0.3, -0.25) is 0 Å². The number of hydrogen-bond acceptors (Lipinski definition) is 1. The molecule has 3 rings (SSSR count). The van der Waals surface area contributed by atoms with Gasteiger partial charge < -0.3 is 5.32 Å². The standard InChI is InChI=1S/C12H14ClN/c13-10-4-1-3-9-7-14-8-12(11(9)10)5-2-6-12/h1,3-4,14H,2,5-8H2. The highest BCUT2D eigenvalue weighted by molar-refractivity contribution is 6.31. The van der Waals surface area contributed by atoms with Crippen molar-refractivity contribution < 1.29 is 0 Å². The molecule has 1 aliphatic heterocycles. The highest BCUT2D eigenvalue weighted by Gasteiger charge is 2.42. The lowest BCUT2D eigenvalue weighted by atomic mass is 9.62. The van der Waals surface area contributed by atoms with Crippen molar-refractivity contribution >= 4 is 11.6 Å². The molecular weight excluding hydrogens is 194 g/mol. The summed E-state index contributed by atoms with van der Waals surface area (Å²) in [4.78, 5) is 0. The van der Waals surface area contributed by atoms with Crippen molar-refractivity contribution in [3.8, 4) is 0 Å². The third-order valence-corrected chi connectivity index (χ3v) is 4.03. The van der Waals surface area contributed by atoms with Crippen LogP contribution in [0.2, 0.25) is 5.02 Å². The summed E-state index contributed by atoms with van der Waals surface area (Å²) in [6, 6.07) is 6.29. The molecule has 0 atom stereocenters. The largest absolute Gasteiger partial charge is 0.312 e. The predicted octanol–water partition coefficient (Wildman–Crippen LogP) is 2.86. The van der Waals surface area contributed by atoms with E-state index in [-0.39, 0.29) is 0 Å². The van der Waals surface area contributed by atoms with E-state index < -0.39 is 0 Å². The summed E-state index contributed by atoms with van der Waals surface area (Å²) in [5.41, 5.74) is 3.22. The molecule has 1 fully saturated rings. The summed E-state index contributed by atoms with van der Waals surface area (Å²) < 4.78 is 0. The Labute approximate surface area is 89.5 Å². The first kappa shape index (κ1) is 8.75. The van der Waals surface area contributed by atoms with Crippen LogP contribution in [-0.4, -0.2) is 6.54 Å². The summed E-state index contributed by atoms with van der Waals surface area (Å²) in [6.45, 7) is 2.10. The van der Waals surface area contributed by atoms with Gasteiger partial charge in [0.05, 0.1) is 0 Å². The van der Waals surface area contributed by atoms with E-state index in [0.29, 0.717) is 5.41 Å². The first-order valence-corrected chi connectivity index (χ1v) is 5.68. The molecule has 1 aromatic rings. The average molecular weight is 208 g/mol. The summed E-state index contributed by atoms with van der Waals surface area (Å²) in [5, 5.41) is 4.48. The molecule has 2 heteroatoms. The van der Waals surface area contributed by atoms with Crippen molar-refractivity contribution in [2.45, 2.75) is 31.2 Å². The minimum absolute atomic E-state index is 0.381. The first-order chi connectivity index (χ1) is 6.82. The van der Waals surface area contributed by atoms with Gasteiger partial charge >= 0.3 is 0 Å². The molecule has 0 radical (unpaired) electrons. The molecule has 74 valence electrons. The van der Waals surface area contributed by atoms with Gasteiger partial charge in [-0.2, -0.15) is 0 Å². The Kier molecular flexibility index (Phi) is 1.86. The fourth-order valence-corrected chi connectivity index (χ4v) is 3.26. The summed E-state index contributed by atoms with van der Waals surface area (Å²) in [7, 11) is 0. The van der Waals surface area contributed by atoms with Gasteiger partial charge in [0.15, 0.2) is 0 Å². The van der Waals surface area contributed by atoms with Crippen molar-refractivity contribution in [2.75, 3.05) is 6.54 Å². The molecule has 1 aromatic carbocycles. The predicted molar refractivity (Wildman–Crippen MR) is 58.7 cm³/mol. The Morgan fingerprint density at radius 3 is 2.86 bits per heavy atom. The monoisotopic (exact) mass is 207 g/mol. The van der Waals surface area contributed by atoms with Crippen molar-refractivity contribution in [1.29, 1.82) is 0 Å². The lowest BCUT2D eigenvalue weighted by molar-refractivity contribution is 0.219. The van der Waals surface area contributed by atoms with Crippen LogP contribution in [0.3, 0.4) is 0 Å². The van der Waals surface area contributed by atoms with E-state index in [1.165, 1.54) is 30.4 Å². The summed E-state index contributed by atoms with van der Waals surface area (Å²) in [6.07, 6.45) is 3.96. The Morgan fingerprint density at radius 2 is 2.14 bits per heavy atom. The van der Waals surface area contributed by atoms with E-state index in [1.54, 1.807) is 0 Å². The van der Waals surface area contributed by atoms with Gasteiger partial charge in [0, 0.05) is 23.5 Å². The van der Waals surface area contributed by atoms with Crippen molar-refractivity contribution in [2.24, 2.45) is 0 Å². The number of nitrogens with one attached hydrogen (secondary N) is 1. The number of hydrogen-bond donors (Lipinski definition) is 1. The van der Waals surface area contributed by atoms with Gasteiger partial charge in [-0.15, -0.1) is 0 Å². The van der Waals surface area contributed by atoms with E-state index in [4.69, 9.17) is 11.6 Å². The fraction of sp³-hybridized carbons (Fsp3) is 0.500. The molecule has 0 unspecified atom stereocenters. The fourth-order valence-electron chi connectivity index (χ4n) is 2.87. The summed E-state index contributed by atoms with van der Waals surface area (Å²) in [5.74, 6) is 0. The molecule has 0 saturated heterocycles. The number of benzene rings is 1. The van der Waals surface area contributed by atoms with Crippen molar-refractivity contribution in [1.82, 2.24) is 5.32 Å². The van der Waals surface area contributed by atoms with Crippen LogP contribution in [0.1, 0.15) is 30.4 Å². The molecule has 1 heterocycles. The minimum Gasteiger partial charge on any atom is -0.312 e. The van der Waals surface area contributed by atoms with Crippen LogP contribution < -0.4 is 5.32 Å². The highest BCUT2D eigenvalue weighted by Crippen LogP contribution is 2.48. The maximum atomic E-state index is 6.31. The van der Waals surface area contributed by atoms with Crippen molar-refractivity contribution in [3.63, 3.8) is 0 Å². The second-order valence-corrected chi connectivity index (χ2v) is 4.92. The van der Waals surface area contributed by atoms with Gasteiger partial charge in [0.25, 0.3) is 0 Å². The minimum atomic E-state index is 0.381. The van der Waals surface area contributed by atoms with Crippen LogP contribution in [-0.2, 0) is 12.0 Å². The van der Waals surface area contributed by atoms with Crippen LogP contribution in [0.15, 0.2) is 18.2 Å². The molecule has 1 N–H and O–H groups in total. The normalized spacial score (nSPS) is 22.9. The zero-order valence-corrected chi connectivity index (χ0v) is 8.90. The van der Waals surface area contributed by atoms with Gasteiger partial charge in [-0.25, -0.2) is 0 Å². The average Bonchev–Trinajstić information content (AvgIpc) is 2.15. The second kappa shape index (κ2) is 2.98. The van der Waals surface area contributed by atoms with E-state index in [1.807, 2.05) is 6.07 Å². The second-order valence-electron chi connectivity index (χ2n) is 4.51. The molecule has 1 saturated carbocycles. The Balaban J connectivity index is 2.17. The van der Waals surface area contributed by atoms with Crippen LogP contribution in [0.25, 0.3) is 0 Å². The van der Waals surface area contributed by atoms with Gasteiger partial charge in [0.2, 0.25) is 0 Å². The molecule has 1 aliphatic carbocycles. The first-order valence-electron chi connectivity index (χ1n) is 5.30. The van der Waals surface area contributed by atoms with Gasteiger partial charge in [-0.1, -0.05) is 30.2 Å². The Hall–Kier alpha value is -0.530. The molecule has 0 aromatic heterocycles. The maximum absolute atomic E-state index is 6.31. The quantitative estimate of drug-likeness (QED) is 0.690. The van der Waals surface area contributed by atoms with Gasteiger partial charge in [0.1, 0.15) is 0 Å². The Morgan fingerprint density at radius 1 is 1.29 bits per heavy atom.